The summed E-state index contributed by atoms with van der Waals surface area (Å²) in [5.74, 6) is -0.0198. The average Bonchev–Trinajstić information content (AvgIpc) is 2.34. The van der Waals surface area contributed by atoms with Crippen LogP contribution < -0.4 is 10.2 Å². The lowest BCUT2D eigenvalue weighted by molar-refractivity contribution is -0.120. The smallest absolute Gasteiger partial charge is 0.249 e. The fourth-order valence-electron chi connectivity index (χ4n) is 2.42. The van der Waals surface area contributed by atoms with Gasteiger partial charge in [-0.2, -0.15) is 0 Å². The van der Waals surface area contributed by atoms with Crippen molar-refractivity contribution in [3.05, 3.63) is 23.2 Å². The molecule has 2 rings (SSSR count). The molecule has 1 aromatic carbocycles. The van der Waals surface area contributed by atoms with Crippen molar-refractivity contribution in [2.24, 2.45) is 0 Å². The van der Waals surface area contributed by atoms with Crippen molar-refractivity contribution in [2.75, 3.05) is 28.8 Å². The van der Waals surface area contributed by atoms with E-state index in [1.807, 2.05) is 18.7 Å². The molecule has 116 valence electrons. The first-order valence-electron chi connectivity index (χ1n) is 6.67. The van der Waals surface area contributed by atoms with E-state index in [1.165, 1.54) is 6.26 Å². The summed E-state index contributed by atoms with van der Waals surface area (Å²) in [6.45, 7) is 4.10. The summed E-state index contributed by atoms with van der Waals surface area (Å²) < 4.78 is 22.6. The zero-order valence-corrected chi connectivity index (χ0v) is 13.9. The molecular weight excluding hydrogens is 312 g/mol. The highest BCUT2D eigenvalue weighted by atomic mass is 35.5. The number of sulfone groups is 1. The highest BCUT2D eigenvalue weighted by Gasteiger charge is 2.39. The van der Waals surface area contributed by atoms with E-state index in [4.69, 9.17) is 11.6 Å². The minimum Gasteiger partial charge on any atom is -0.356 e. The minimum absolute atomic E-state index is 0.0943. The molecule has 0 saturated carbocycles. The predicted octanol–water partition coefficient (Wildman–Crippen LogP) is 2.31. The van der Waals surface area contributed by atoms with E-state index >= 15 is 0 Å². The number of hydrogen-bond acceptors (Lipinski definition) is 4. The summed E-state index contributed by atoms with van der Waals surface area (Å²) in [7, 11) is -3.01. The minimum atomic E-state index is -3.01. The first kappa shape index (κ1) is 16.1. The zero-order valence-electron chi connectivity index (χ0n) is 12.3. The Morgan fingerprint density at radius 3 is 2.62 bits per heavy atom. The lowest BCUT2D eigenvalue weighted by Gasteiger charge is -2.43. The molecule has 5 nitrogen and oxygen atoms in total. The number of nitrogens with one attached hydrogen (secondary N) is 1. The van der Waals surface area contributed by atoms with Crippen molar-refractivity contribution in [1.29, 1.82) is 0 Å². The third kappa shape index (κ3) is 3.49. The van der Waals surface area contributed by atoms with Crippen LogP contribution in [0.3, 0.4) is 0 Å². The van der Waals surface area contributed by atoms with E-state index in [-0.39, 0.29) is 11.7 Å². The Balaban J connectivity index is 2.32. The normalized spacial score (nSPS) is 17.3. The highest BCUT2D eigenvalue weighted by molar-refractivity contribution is 7.90. The molecular formula is C14H19ClN2O3S. The molecule has 1 heterocycles. The molecule has 0 atom stereocenters. The Morgan fingerprint density at radius 2 is 2.00 bits per heavy atom. The van der Waals surface area contributed by atoms with Gasteiger partial charge in [0, 0.05) is 17.8 Å². The summed E-state index contributed by atoms with van der Waals surface area (Å²) in [5.41, 5.74) is 0.763. The van der Waals surface area contributed by atoms with Gasteiger partial charge in [0.05, 0.1) is 17.1 Å². The van der Waals surface area contributed by atoms with E-state index in [1.54, 1.807) is 18.2 Å². The maximum atomic E-state index is 12.2. The molecule has 1 aliphatic heterocycles. The maximum absolute atomic E-state index is 12.2. The number of fused-ring (bicyclic) bond motifs is 1. The van der Waals surface area contributed by atoms with E-state index in [9.17, 15) is 13.2 Å². The summed E-state index contributed by atoms with van der Waals surface area (Å²) in [6, 6.07) is 5.26. The van der Waals surface area contributed by atoms with Gasteiger partial charge in [0.15, 0.2) is 0 Å². The number of halogens is 1. The number of carbonyl (C=O) groups is 1. The Hall–Kier alpha value is -1.27. The van der Waals surface area contributed by atoms with Crippen molar-refractivity contribution in [3.8, 4) is 0 Å². The van der Waals surface area contributed by atoms with Gasteiger partial charge >= 0.3 is 0 Å². The van der Waals surface area contributed by atoms with Gasteiger partial charge in [-0.15, -0.1) is 0 Å². The van der Waals surface area contributed by atoms with Crippen molar-refractivity contribution < 1.29 is 13.2 Å². The Labute approximate surface area is 130 Å². The number of nitrogens with zero attached hydrogens (tertiary/aromatic N) is 1. The van der Waals surface area contributed by atoms with Gasteiger partial charge in [-0.3, -0.25) is 4.79 Å². The fourth-order valence-corrected chi connectivity index (χ4v) is 3.24. The molecule has 7 heteroatoms. The Bertz CT molecular complexity index is 671. The molecule has 0 bridgehead atoms. The zero-order chi connectivity index (χ0) is 15.8. The molecule has 0 spiro atoms. The standard InChI is InChI=1S/C14H19ClN2O3S/c1-14(2)13(18)16-11-6-5-10(15)9-12(11)17(14)7-4-8-21(3,19)20/h5-6,9H,4,7-8H2,1-3H3,(H,16,18). The van der Waals surface area contributed by atoms with Gasteiger partial charge in [-0.05, 0) is 38.5 Å². The van der Waals surface area contributed by atoms with Crippen LogP contribution in [0.2, 0.25) is 5.02 Å². The van der Waals surface area contributed by atoms with Crippen molar-refractivity contribution in [1.82, 2.24) is 0 Å². The molecule has 1 amide bonds. The molecule has 0 radical (unpaired) electrons. The molecule has 0 aliphatic carbocycles. The second kappa shape index (κ2) is 5.50. The van der Waals surface area contributed by atoms with Crippen molar-refractivity contribution in [3.63, 3.8) is 0 Å². The molecule has 0 aromatic heterocycles. The Kier molecular flexibility index (Phi) is 4.22. The van der Waals surface area contributed by atoms with E-state index < -0.39 is 15.4 Å². The van der Waals surface area contributed by atoms with Crippen LogP contribution in [-0.2, 0) is 14.6 Å². The van der Waals surface area contributed by atoms with Crippen LogP contribution in [0, 0.1) is 0 Å². The second-order valence-electron chi connectivity index (χ2n) is 5.81. The van der Waals surface area contributed by atoms with Gasteiger partial charge in [-0.25, -0.2) is 8.42 Å². The third-order valence-corrected chi connectivity index (χ3v) is 4.89. The first-order valence-corrected chi connectivity index (χ1v) is 9.11. The van der Waals surface area contributed by atoms with E-state index in [2.05, 4.69) is 5.32 Å². The van der Waals surface area contributed by atoms with Crippen molar-refractivity contribution >= 4 is 38.7 Å². The van der Waals surface area contributed by atoms with Crippen molar-refractivity contribution in [2.45, 2.75) is 25.8 Å². The maximum Gasteiger partial charge on any atom is 0.249 e. The summed E-state index contributed by atoms with van der Waals surface area (Å²) in [6.07, 6.45) is 1.67. The van der Waals surface area contributed by atoms with Gasteiger partial charge in [0.25, 0.3) is 0 Å². The largest absolute Gasteiger partial charge is 0.356 e. The van der Waals surface area contributed by atoms with E-state index in [0.29, 0.717) is 23.7 Å². The topological polar surface area (TPSA) is 66.5 Å². The molecule has 1 N–H and O–H groups in total. The van der Waals surface area contributed by atoms with E-state index in [0.717, 1.165) is 5.69 Å². The van der Waals surface area contributed by atoms with Crippen LogP contribution in [0.4, 0.5) is 11.4 Å². The fraction of sp³-hybridized carbons (Fsp3) is 0.500. The quantitative estimate of drug-likeness (QED) is 0.920. The van der Waals surface area contributed by atoms with Gasteiger partial charge in [0.2, 0.25) is 5.91 Å². The number of hydrogen-bond donors (Lipinski definition) is 1. The monoisotopic (exact) mass is 330 g/mol. The second-order valence-corrected chi connectivity index (χ2v) is 8.51. The van der Waals surface area contributed by atoms with Crippen LogP contribution in [-0.4, -0.2) is 38.4 Å². The predicted molar refractivity (Wildman–Crippen MR) is 85.8 cm³/mol. The summed E-state index contributed by atoms with van der Waals surface area (Å²) >= 11 is 6.04. The summed E-state index contributed by atoms with van der Waals surface area (Å²) in [4.78, 5) is 14.1. The van der Waals surface area contributed by atoms with Crippen LogP contribution in [0.1, 0.15) is 20.3 Å². The van der Waals surface area contributed by atoms with Gasteiger partial charge in [-0.1, -0.05) is 11.6 Å². The number of carbonyl (C=O) groups excluding carboxylic acids is 1. The van der Waals surface area contributed by atoms with Crippen LogP contribution in [0.15, 0.2) is 18.2 Å². The lowest BCUT2D eigenvalue weighted by atomic mass is 9.96. The van der Waals surface area contributed by atoms with Gasteiger partial charge < -0.3 is 10.2 Å². The highest BCUT2D eigenvalue weighted by Crippen LogP contribution is 2.38. The van der Waals surface area contributed by atoms with Crippen LogP contribution in [0.5, 0.6) is 0 Å². The molecule has 0 fully saturated rings. The molecule has 1 aromatic rings. The SMILES string of the molecule is CC1(C)C(=O)Nc2ccc(Cl)cc2N1CCCS(C)(=O)=O. The third-order valence-electron chi connectivity index (χ3n) is 3.63. The molecule has 21 heavy (non-hydrogen) atoms. The van der Waals surface area contributed by atoms with Crippen LogP contribution in [0.25, 0.3) is 0 Å². The molecule has 1 aliphatic rings. The average molecular weight is 331 g/mol. The first-order chi connectivity index (χ1) is 9.61. The lowest BCUT2D eigenvalue weighted by Crippen LogP contribution is -2.56. The van der Waals surface area contributed by atoms with Gasteiger partial charge in [0.1, 0.15) is 15.4 Å². The number of rotatable bonds is 4. The number of benzene rings is 1. The molecule has 0 saturated heterocycles. The summed E-state index contributed by atoms with van der Waals surface area (Å²) in [5, 5.41) is 3.43. The number of amides is 1. The van der Waals surface area contributed by atoms with Crippen LogP contribution >= 0.6 is 11.6 Å². The Morgan fingerprint density at radius 1 is 1.33 bits per heavy atom. The number of anilines is 2. The molecule has 0 unspecified atom stereocenters.